The fourth-order valence-electron chi connectivity index (χ4n) is 3.10. The standard InChI is InChI=1S/C18H28N2O3S/c1-4-6-9-12-20(16(21)14-10-7-8-11-14)18-19-13(3)15(24-18)17(22)23-5-2/h14H,4-12H2,1-3H3. The number of carbonyl (C=O) groups excluding carboxylic acids is 2. The highest BCUT2D eigenvalue weighted by atomic mass is 32.1. The van der Waals surface area contributed by atoms with Gasteiger partial charge in [-0.1, -0.05) is 43.9 Å². The van der Waals surface area contributed by atoms with Crippen molar-refractivity contribution in [3.8, 4) is 0 Å². The second-order valence-corrected chi connectivity index (χ2v) is 7.29. The van der Waals surface area contributed by atoms with Gasteiger partial charge in [-0.15, -0.1) is 0 Å². The van der Waals surface area contributed by atoms with Crippen LogP contribution in [0.1, 0.15) is 74.2 Å². The number of hydrogen-bond donors (Lipinski definition) is 0. The third-order valence-corrected chi connectivity index (χ3v) is 5.59. The van der Waals surface area contributed by atoms with Crippen molar-refractivity contribution in [2.24, 2.45) is 5.92 Å². The number of carbonyl (C=O) groups is 2. The van der Waals surface area contributed by atoms with E-state index in [1.54, 1.807) is 13.8 Å². The summed E-state index contributed by atoms with van der Waals surface area (Å²) in [5.41, 5.74) is 0.646. The fourth-order valence-corrected chi connectivity index (χ4v) is 4.09. The van der Waals surface area contributed by atoms with Crippen molar-refractivity contribution in [1.82, 2.24) is 4.98 Å². The monoisotopic (exact) mass is 352 g/mol. The number of anilines is 1. The first-order chi connectivity index (χ1) is 11.6. The molecule has 134 valence electrons. The second-order valence-electron chi connectivity index (χ2n) is 6.31. The van der Waals surface area contributed by atoms with Crippen LogP contribution in [0.2, 0.25) is 0 Å². The van der Waals surface area contributed by atoms with Gasteiger partial charge in [-0.25, -0.2) is 9.78 Å². The molecule has 0 atom stereocenters. The molecule has 1 saturated carbocycles. The van der Waals surface area contributed by atoms with Gasteiger partial charge in [-0.2, -0.15) is 0 Å². The molecule has 1 aliphatic rings. The highest BCUT2D eigenvalue weighted by molar-refractivity contribution is 7.17. The normalized spacial score (nSPS) is 14.8. The minimum atomic E-state index is -0.347. The highest BCUT2D eigenvalue weighted by Crippen LogP contribution is 2.32. The van der Waals surface area contributed by atoms with E-state index in [1.807, 2.05) is 4.90 Å². The van der Waals surface area contributed by atoms with Crippen LogP contribution in [0.3, 0.4) is 0 Å². The van der Waals surface area contributed by atoms with Gasteiger partial charge in [0.1, 0.15) is 4.88 Å². The molecule has 1 aromatic heterocycles. The molecule has 0 spiro atoms. The lowest BCUT2D eigenvalue weighted by Crippen LogP contribution is -2.36. The number of unbranched alkanes of at least 4 members (excludes halogenated alkanes) is 2. The predicted molar refractivity (Wildman–Crippen MR) is 96.6 cm³/mol. The summed E-state index contributed by atoms with van der Waals surface area (Å²) in [4.78, 5) is 31.8. The summed E-state index contributed by atoms with van der Waals surface area (Å²) in [6.45, 7) is 6.76. The van der Waals surface area contributed by atoms with Crippen LogP contribution in [-0.2, 0) is 9.53 Å². The molecule has 1 amide bonds. The molecule has 0 saturated heterocycles. The molecule has 2 rings (SSSR count). The maximum absolute atomic E-state index is 12.9. The van der Waals surface area contributed by atoms with E-state index >= 15 is 0 Å². The smallest absolute Gasteiger partial charge is 0.350 e. The first kappa shape index (κ1) is 18.9. The summed E-state index contributed by atoms with van der Waals surface area (Å²) in [5, 5.41) is 0.642. The Morgan fingerprint density at radius 3 is 2.58 bits per heavy atom. The SMILES string of the molecule is CCCCCN(C(=O)C1CCCC1)c1nc(C)c(C(=O)OCC)s1. The Bertz CT molecular complexity index is 565. The van der Waals surface area contributed by atoms with Gasteiger partial charge in [0.2, 0.25) is 5.91 Å². The number of esters is 1. The van der Waals surface area contributed by atoms with E-state index in [0.717, 1.165) is 44.9 Å². The molecular weight excluding hydrogens is 324 g/mol. The molecule has 0 bridgehead atoms. The van der Waals surface area contributed by atoms with E-state index in [-0.39, 0.29) is 17.8 Å². The van der Waals surface area contributed by atoms with Crippen molar-refractivity contribution in [3.05, 3.63) is 10.6 Å². The first-order valence-corrected chi connectivity index (χ1v) is 9.86. The van der Waals surface area contributed by atoms with Crippen LogP contribution >= 0.6 is 11.3 Å². The van der Waals surface area contributed by atoms with Crippen LogP contribution in [0.4, 0.5) is 5.13 Å². The van der Waals surface area contributed by atoms with Crippen LogP contribution < -0.4 is 4.90 Å². The van der Waals surface area contributed by atoms with E-state index in [0.29, 0.717) is 28.9 Å². The predicted octanol–water partition coefficient (Wildman–Crippen LogP) is 4.34. The van der Waals surface area contributed by atoms with Gasteiger partial charge in [-0.3, -0.25) is 9.69 Å². The van der Waals surface area contributed by atoms with Crippen LogP contribution in [0.15, 0.2) is 0 Å². The summed E-state index contributed by atoms with van der Waals surface area (Å²) >= 11 is 1.28. The zero-order valence-electron chi connectivity index (χ0n) is 15.0. The van der Waals surface area contributed by atoms with Crippen LogP contribution in [-0.4, -0.2) is 30.0 Å². The van der Waals surface area contributed by atoms with Gasteiger partial charge in [-0.05, 0) is 33.1 Å². The Hall–Kier alpha value is -1.43. The number of nitrogens with zero attached hydrogens (tertiary/aromatic N) is 2. The topological polar surface area (TPSA) is 59.5 Å². The van der Waals surface area contributed by atoms with Crippen molar-refractivity contribution >= 4 is 28.3 Å². The molecule has 1 heterocycles. The lowest BCUT2D eigenvalue weighted by molar-refractivity contribution is -0.122. The van der Waals surface area contributed by atoms with Gasteiger partial charge in [0.25, 0.3) is 0 Å². The molecule has 0 aliphatic heterocycles. The van der Waals surface area contributed by atoms with Crippen molar-refractivity contribution in [2.75, 3.05) is 18.1 Å². The Labute approximate surface area is 148 Å². The molecule has 0 N–H and O–H groups in total. The fraction of sp³-hybridized carbons (Fsp3) is 0.722. The Morgan fingerprint density at radius 1 is 1.25 bits per heavy atom. The van der Waals surface area contributed by atoms with E-state index in [2.05, 4.69) is 11.9 Å². The Morgan fingerprint density at radius 2 is 1.96 bits per heavy atom. The quantitative estimate of drug-likeness (QED) is 0.516. The molecule has 24 heavy (non-hydrogen) atoms. The highest BCUT2D eigenvalue weighted by Gasteiger charge is 2.30. The molecule has 0 aromatic carbocycles. The van der Waals surface area contributed by atoms with Gasteiger partial charge >= 0.3 is 5.97 Å². The van der Waals surface area contributed by atoms with Gasteiger partial charge < -0.3 is 4.74 Å². The number of rotatable bonds is 8. The summed E-state index contributed by atoms with van der Waals surface area (Å²) in [6, 6.07) is 0. The van der Waals surface area contributed by atoms with E-state index in [4.69, 9.17) is 4.74 Å². The lowest BCUT2D eigenvalue weighted by Gasteiger charge is -2.23. The first-order valence-electron chi connectivity index (χ1n) is 9.04. The molecule has 5 nitrogen and oxygen atoms in total. The molecular formula is C18H28N2O3S. The molecule has 1 fully saturated rings. The summed E-state index contributed by atoms with van der Waals surface area (Å²) in [5.74, 6) is -0.0600. The zero-order chi connectivity index (χ0) is 17.5. The van der Waals surface area contributed by atoms with Gasteiger partial charge in [0.15, 0.2) is 5.13 Å². The maximum Gasteiger partial charge on any atom is 0.350 e. The van der Waals surface area contributed by atoms with Crippen molar-refractivity contribution in [2.45, 2.75) is 65.7 Å². The van der Waals surface area contributed by atoms with Gasteiger partial charge in [0.05, 0.1) is 12.3 Å². The maximum atomic E-state index is 12.9. The van der Waals surface area contributed by atoms with Crippen LogP contribution in [0, 0.1) is 12.8 Å². The number of amides is 1. The second kappa shape index (κ2) is 9.16. The number of aryl methyl sites for hydroxylation is 1. The molecule has 1 aliphatic carbocycles. The number of ether oxygens (including phenoxy) is 1. The third-order valence-electron chi connectivity index (χ3n) is 4.43. The third kappa shape index (κ3) is 4.56. The van der Waals surface area contributed by atoms with E-state index < -0.39 is 0 Å². The van der Waals surface area contributed by atoms with Crippen LogP contribution in [0.25, 0.3) is 0 Å². The number of thiazole rings is 1. The molecule has 1 aromatic rings. The number of aromatic nitrogens is 1. The largest absolute Gasteiger partial charge is 0.462 e. The minimum Gasteiger partial charge on any atom is -0.462 e. The van der Waals surface area contributed by atoms with E-state index in [1.165, 1.54) is 11.3 Å². The average molecular weight is 353 g/mol. The summed E-state index contributed by atoms with van der Waals surface area (Å²) in [7, 11) is 0. The molecule has 6 heteroatoms. The summed E-state index contributed by atoms with van der Waals surface area (Å²) < 4.78 is 5.09. The number of hydrogen-bond acceptors (Lipinski definition) is 5. The van der Waals surface area contributed by atoms with Crippen molar-refractivity contribution < 1.29 is 14.3 Å². The van der Waals surface area contributed by atoms with Gasteiger partial charge in [0, 0.05) is 12.5 Å². The molecule has 0 radical (unpaired) electrons. The van der Waals surface area contributed by atoms with E-state index in [9.17, 15) is 9.59 Å². The lowest BCUT2D eigenvalue weighted by atomic mass is 10.1. The summed E-state index contributed by atoms with van der Waals surface area (Å²) in [6.07, 6.45) is 7.35. The Balaban J connectivity index is 2.20. The zero-order valence-corrected chi connectivity index (χ0v) is 15.8. The van der Waals surface area contributed by atoms with Crippen molar-refractivity contribution in [1.29, 1.82) is 0 Å². The molecule has 0 unspecified atom stereocenters. The average Bonchev–Trinajstić information content (AvgIpc) is 3.21. The van der Waals surface area contributed by atoms with Crippen LogP contribution in [0.5, 0.6) is 0 Å². The van der Waals surface area contributed by atoms with Crippen molar-refractivity contribution in [3.63, 3.8) is 0 Å². The Kier molecular flexibility index (Phi) is 7.21. The minimum absolute atomic E-state index is 0.113.